The topological polar surface area (TPSA) is 61.4 Å². The van der Waals surface area contributed by atoms with Crippen molar-refractivity contribution in [3.8, 4) is 0 Å². The van der Waals surface area contributed by atoms with Gasteiger partial charge < -0.3 is 15.5 Å². The molecule has 2 aliphatic rings. The summed E-state index contributed by atoms with van der Waals surface area (Å²) in [5, 5.41) is 6.15. The molecular weight excluding hydrogens is 326 g/mol. The highest BCUT2D eigenvalue weighted by Gasteiger charge is 2.21. The van der Waals surface area contributed by atoms with Gasteiger partial charge in [-0.3, -0.25) is 9.59 Å². The number of halogens is 1. The van der Waals surface area contributed by atoms with Crippen molar-refractivity contribution in [1.82, 2.24) is 15.5 Å². The van der Waals surface area contributed by atoms with Gasteiger partial charge >= 0.3 is 0 Å². The molecule has 1 aromatic rings. The third-order valence-corrected chi connectivity index (χ3v) is 4.69. The van der Waals surface area contributed by atoms with E-state index in [2.05, 4.69) is 10.6 Å². The fourth-order valence-electron chi connectivity index (χ4n) is 3.27. The molecule has 0 radical (unpaired) electrons. The Bertz CT molecular complexity index is 550. The molecule has 2 saturated heterocycles. The standard InChI is InChI=1S/C18H25N3O2.ClH/c22-17(16-5-4-10-19-16)20-13-14-6-8-15(9-7-14)18(23)21-11-2-1-3-12-21;/h6-9,16,19H,1-5,10-13H2,(H,20,22);1H. The molecule has 1 aromatic carbocycles. The van der Waals surface area contributed by atoms with E-state index in [1.165, 1.54) is 6.42 Å². The molecular formula is C18H26ClN3O2. The van der Waals surface area contributed by atoms with Gasteiger partial charge in [-0.05, 0) is 56.3 Å². The molecule has 0 aliphatic carbocycles. The number of likely N-dealkylation sites (tertiary alicyclic amines) is 1. The van der Waals surface area contributed by atoms with Gasteiger partial charge in [0.15, 0.2) is 0 Å². The molecule has 2 fully saturated rings. The normalized spacial score (nSPS) is 20.3. The smallest absolute Gasteiger partial charge is 0.253 e. The van der Waals surface area contributed by atoms with Crippen molar-refractivity contribution in [2.75, 3.05) is 19.6 Å². The van der Waals surface area contributed by atoms with Crippen LogP contribution >= 0.6 is 12.4 Å². The summed E-state index contributed by atoms with van der Waals surface area (Å²) >= 11 is 0. The first-order valence-electron chi connectivity index (χ1n) is 8.63. The van der Waals surface area contributed by atoms with Crippen molar-refractivity contribution in [2.45, 2.75) is 44.7 Å². The Hall–Kier alpha value is -1.59. The second kappa shape index (κ2) is 9.04. The first-order chi connectivity index (χ1) is 11.2. The predicted molar refractivity (Wildman–Crippen MR) is 96.3 cm³/mol. The Morgan fingerprint density at radius 2 is 1.79 bits per heavy atom. The number of carbonyl (C=O) groups is 2. The number of piperidine rings is 1. The fourth-order valence-corrected chi connectivity index (χ4v) is 3.27. The average molecular weight is 352 g/mol. The van der Waals surface area contributed by atoms with E-state index in [1.807, 2.05) is 29.2 Å². The van der Waals surface area contributed by atoms with E-state index < -0.39 is 0 Å². The SMILES string of the molecule is Cl.O=C(NCc1ccc(C(=O)N2CCCCC2)cc1)C1CCCN1. The van der Waals surface area contributed by atoms with Crippen LogP contribution in [0.1, 0.15) is 48.0 Å². The van der Waals surface area contributed by atoms with Crippen LogP contribution in [0, 0.1) is 0 Å². The quantitative estimate of drug-likeness (QED) is 0.873. The summed E-state index contributed by atoms with van der Waals surface area (Å²) in [5.41, 5.74) is 1.76. The highest BCUT2D eigenvalue weighted by atomic mass is 35.5. The van der Waals surface area contributed by atoms with Crippen molar-refractivity contribution < 1.29 is 9.59 Å². The summed E-state index contributed by atoms with van der Waals surface area (Å²) in [7, 11) is 0. The van der Waals surface area contributed by atoms with E-state index in [9.17, 15) is 9.59 Å². The lowest BCUT2D eigenvalue weighted by Gasteiger charge is -2.26. The number of hydrogen-bond acceptors (Lipinski definition) is 3. The van der Waals surface area contributed by atoms with Crippen molar-refractivity contribution in [1.29, 1.82) is 0 Å². The van der Waals surface area contributed by atoms with Crippen LogP contribution < -0.4 is 10.6 Å². The molecule has 2 heterocycles. The lowest BCUT2D eigenvalue weighted by atomic mass is 10.1. The van der Waals surface area contributed by atoms with Crippen LogP contribution in [0.4, 0.5) is 0 Å². The van der Waals surface area contributed by atoms with Gasteiger partial charge in [0.05, 0.1) is 6.04 Å². The van der Waals surface area contributed by atoms with Crippen molar-refractivity contribution >= 4 is 24.2 Å². The van der Waals surface area contributed by atoms with Gasteiger partial charge in [-0.1, -0.05) is 12.1 Å². The molecule has 132 valence electrons. The molecule has 24 heavy (non-hydrogen) atoms. The molecule has 2 N–H and O–H groups in total. The van der Waals surface area contributed by atoms with Crippen molar-refractivity contribution in [3.05, 3.63) is 35.4 Å². The number of benzene rings is 1. The van der Waals surface area contributed by atoms with Crippen LogP contribution in [0.5, 0.6) is 0 Å². The Labute approximate surface area is 149 Å². The van der Waals surface area contributed by atoms with Gasteiger partial charge in [0, 0.05) is 25.2 Å². The molecule has 0 saturated carbocycles. The molecule has 0 bridgehead atoms. The van der Waals surface area contributed by atoms with Gasteiger partial charge in [-0.2, -0.15) is 0 Å². The third kappa shape index (κ3) is 4.71. The minimum absolute atomic E-state index is 0. The number of carbonyl (C=O) groups excluding carboxylic acids is 2. The fraction of sp³-hybridized carbons (Fsp3) is 0.556. The van der Waals surface area contributed by atoms with Crippen molar-refractivity contribution in [3.63, 3.8) is 0 Å². The zero-order chi connectivity index (χ0) is 16.1. The molecule has 2 aliphatic heterocycles. The van der Waals surface area contributed by atoms with Crippen LogP contribution in [0.2, 0.25) is 0 Å². The maximum absolute atomic E-state index is 12.4. The van der Waals surface area contributed by atoms with E-state index >= 15 is 0 Å². The van der Waals surface area contributed by atoms with Gasteiger partial charge in [0.25, 0.3) is 5.91 Å². The monoisotopic (exact) mass is 351 g/mol. The Balaban J connectivity index is 0.00000208. The summed E-state index contributed by atoms with van der Waals surface area (Å²) in [4.78, 5) is 26.3. The van der Waals surface area contributed by atoms with E-state index in [0.29, 0.717) is 6.54 Å². The zero-order valence-corrected chi connectivity index (χ0v) is 14.7. The van der Waals surface area contributed by atoms with Gasteiger partial charge in [-0.25, -0.2) is 0 Å². The minimum Gasteiger partial charge on any atom is -0.351 e. The summed E-state index contributed by atoms with van der Waals surface area (Å²) in [6.45, 7) is 3.16. The van der Waals surface area contributed by atoms with Crippen LogP contribution in [-0.4, -0.2) is 42.4 Å². The summed E-state index contributed by atoms with van der Waals surface area (Å²) < 4.78 is 0. The number of nitrogens with zero attached hydrogens (tertiary/aromatic N) is 1. The van der Waals surface area contributed by atoms with Crippen molar-refractivity contribution in [2.24, 2.45) is 0 Å². The second-order valence-electron chi connectivity index (χ2n) is 6.42. The average Bonchev–Trinajstić information content (AvgIpc) is 3.15. The number of amides is 2. The van der Waals surface area contributed by atoms with Crippen LogP contribution in [0.25, 0.3) is 0 Å². The van der Waals surface area contributed by atoms with E-state index in [-0.39, 0.29) is 30.3 Å². The molecule has 3 rings (SSSR count). The molecule has 1 atom stereocenters. The lowest BCUT2D eigenvalue weighted by Crippen LogP contribution is -2.40. The van der Waals surface area contributed by atoms with Gasteiger partial charge in [0.1, 0.15) is 0 Å². The van der Waals surface area contributed by atoms with Crippen LogP contribution in [0.15, 0.2) is 24.3 Å². The number of hydrogen-bond donors (Lipinski definition) is 2. The molecule has 1 unspecified atom stereocenters. The van der Waals surface area contributed by atoms with Crippen LogP contribution in [0.3, 0.4) is 0 Å². The molecule has 5 nitrogen and oxygen atoms in total. The molecule has 6 heteroatoms. The maximum Gasteiger partial charge on any atom is 0.253 e. The van der Waals surface area contributed by atoms with E-state index in [4.69, 9.17) is 0 Å². The molecule has 0 spiro atoms. The minimum atomic E-state index is -0.0463. The Morgan fingerprint density at radius 1 is 1.08 bits per heavy atom. The molecule has 0 aromatic heterocycles. The Kier molecular flexibility index (Phi) is 7.06. The number of rotatable bonds is 4. The zero-order valence-electron chi connectivity index (χ0n) is 13.9. The van der Waals surface area contributed by atoms with Crippen LogP contribution in [-0.2, 0) is 11.3 Å². The lowest BCUT2D eigenvalue weighted by molar-refractivity contribution is -0.122. The highest BCUT2D eigenvalue weighted by Crippen LogP contribution is 2.14. The summed E-state index contributed by atoms with van der Waals surface area (Å²) in [5.74, 6) is 0.186. The number of nitrogens with one attached hydrogen (secondary N) is 2. The summed E-state index contributed by atoms with van der Waals surface area (Å²) in [6.07, 6.45) is 5.40. The predicted octanol–water partition coefficient (Wildman–Crippen LogP) is 2.10. The second-order valence-corrected chi connectivity index (χ2v) is 6.42. The van der Waals surface area contributed by atoms with Gasteiger partial charge in [0.2, 0.25) is 5.91 Å². The highest BCUT2D eigenvalue weighted by molar-refractivity contribution is 5.94. The third-order valence-electron chi connectivity index (χ3n) is 4.69. The first kappa shape index (κ1) is 18.7. The summed E-state index contributed by atoms with van der Waals surface area (Å²) in [6, 6.07) is 7.55. The first-order valence-corrected chi connectivity index (χ1v) is 8.63. The molecule has 2 amide bonds. The van der Waals surface area contributed by atoms with E-state index in [1.54, 1.807) is 0 Å². The maximum atomic E-state index is 12.4. The largest absolute Gasteiger partial charge is 0.351 e. The Morgan fingerprint density at radius 3 is 2.42 bits per heavy atom. The van der Waals surface area contributed by atoms with E-state index in [0.717, 1.165) is 56.4 Å². The van der Waals surface area contributed by atoms with Gasteiger partial charge in [-0.15, -0.1) is 12.4 Å².